The van der Waals surface area contributed by atoms with E-state index in [9.17, 15) is 5.11 Å². The van der Waals surface area contributed by atoms with E-state index in [1.807, 2.05) is 13.8 Å². The van der Waals surface area contributed by atoms with Crippen LogP contribution in [-0.4, -0.2) is 22.8 Å². The molecule has 3 heteroatoms. The Morgan fingerprint density at radius 1 is 1.33 bits per heavy atom. The van der Waals surface area contributed by atoms with E-state index in [4.69, 9.17) is 5.11 Å². The van der Waals surface area contributed by atoms with E-state index in [0.29, 0.717) is 0 Å². The summed E-state index contributed by atoms with van der Waals surface area (Å²) in [5.74, 6) is 0.214. The van der Waals surface area contributed by atoms with E-state index < -0.39 is 5.60 Å². The predicted octanol–water partition coefficient (Wildman–Crippen LogP) is 1.60. The highest BCUT2D eigenvalue weighted by Gasteiger charge is 2.29. The Balaban J connectivity index is 2.89. The lowest BCUT2D eigenvalue weighted by Crippen LogP contribution is -2.44. The number of nitrogens with one attached hydrogen (secondary N) is 1. The Bertz CT molecular complexity index is 306. The molecular formula is C12H19NO2. The number of aliphatic hydroxyl groups is 1. The molecule has 3 N–H and O–H groups in total. The molecule has 0 fully saturated rings. The number of phenolic OH excluding ortho intramolecular Hbond substituents is 1. The van der Waals surface area contributed by atoms with Gasteiger partial charge in [-0.15, -0.1) is 0 Å². The van der Waals surface area contributed by atoms with Gasteiger partial charge in [0.25, 0.3) is 0 Å². The second-order valence-electron chi connectivity index (χ2n) is 3.97. The van der Waals surface area contributed by atoms with Crippen molar-refractivity contribution in [1.29, 1.82) is 0 Å². The summed E-state index contributed by atoms with van der Waals surface area (Å²) in [6, 6.07) is 6.61. The highest BCUT2D eigenvalue weighted by Crippen LogP contribution is 2.25. The lowest BCUT2D eigenvalue weighted by molar-refractivity contribution is 0.0221. The maximum atomic E-state index is 10.3. The van der Waals surface area contributed by atoms with E-state index in [1.54, 1.807) is 31.2 Å². The van der Waals surface area contributed by atoms with Crippen molar-refractivity contribution < 1.29 is 10.2 Å². The third kappa shape index (κ3) is 2.70. The highest BCUT2D eigenvalue weighted by atomic mass is 16.3. The van der Waals surface area contributed by atoms with Gasteiger partial charge in [-0.05, 0) is 38.1 Å². The van der Waals surface area contributed by atoms with Crippen molar-refractivity contribution in [2.24, 2.45) is 0 Å². The van der Waals surface area contributed by atoms with Crippen LogP contribution in [0.25, 0.3) is 0 Å². The maximum absolute atomic E-state index is 10.3. The average molecular weight is 209 g/mol. The molecule has 15 heavy (non-hydrogen) atoms. The van der Waals surface area contributed by atoms with Crippen LogP contribution in [-0.2, 0) is 5.60 Å². The fourth-order valence-corrected chi connectivity index (χ4v) is 1.55. The highest BCUT2D eigenvalue weighted by molar-refractivity contribution is 5.30. The zero-order chi connectivity index (χ0) is 11.5. The number of hydrogen-bond donors (Lipinski definition) is 3. The first kappa shape index (κ1) is 12.0. The van der Waals surface area contributed by atoms with Gasteiger partial charge in [-0.2, -0.15) is 0 Å². The summed E-state index contributed by atoms with van der Waals surface area (Å²) in [7, 11) is 0. The van der Waals surface area contributed by atoms with Gasteiger partial charge in [-0.25, -0.2) is 0 Å². The lowest BCUT2D eigenvalue weighted by Gasteiger charge is -2.31. The predicted molar refractivity (Wildman–Crippen MR) is 60.8 cm³/mol. The molecule has 3 nitrogen and oxygen atoms in total. The van der Waals surface area contributed by atoms with Crippen LogP contribution in [0.4, 0.5) is 0 Å². The van der Waals surface area contributed by atoms with Crippen molar-refractivity contribution in [3.63, 3.8) is 0 Å². The summed E-state index contributed by atoms with van der Waals surface area (Å²) in [6.45, 7) is 6.53. The largest absolute Gasteiger partial charge is 0.508 e. The van der Waals surface area contributed by atoms with Crippen LogP contribution < -0.4 is 5.32 Å². The van der Waals surface area contributed by atoms with Crippen LogP contribution in [0, 0.1) is 0 Å². The zero-order valence-corrected chi connectivity index (χ0v) is 9.49. The lowest BCUT2D eigenvalue weighted by atomic mass is 9.89. The third-order valence-electron chi connectivity index (χ3n) is 2.81. The molecule has 0 aromatic heterocycles. The first-order valence-electron chi connectivity index (χ1n) is 5.23. The van der Waals surface area contributed by atoms with Crippen LogP contribution in [0.1, 0.15) is 26.3 Å². The summed E-state index contributed by atoms with van der Waals surface area (Å²) in [4.78, 5) is 0. The van der Waals surface area contributed by atoms with Gasteiger partial charge in [0.15, 0.2) is 0 Å². The van der Waals surface area contributed by atoms with Crippen molar-refractivity contribution in [1.82, 2.24) is 5.32 Å². The number of benzene rings is 1. The molecule has 0 radical (unpaired) electrons. The van der Waals surface area contributed by atoms with Crippen LogP contribution in [0.3, 0.4) is 0 Å². The number of phenols is 1. The molecule has 2 unspecified atom stereocenters. The number of likely N-dealkylation sites (N-methyl/N-ethyl adjacent to an activating group) is 1. The maximum Gasteiger partial charge on any atom is 0.115 e. The first-order chi connectivity index (χ1) is 6.98. The molecule has 0 bridgehead atoms. The van der Waals surface area contributed by atoms with E-state index in [2.05, 4.69) is 5.32 Å². The molecule has 0 aliphatic heterocycles. The Kier molecular flexibility index (Phi) is 3.72. The van der Waals surface area contributed by atoms with E-state index in [-0.39, 0.29) is 11.8 Å². The number of rotatable bonds is 4. The molecule has 84 valence electrons. The third-order valence-corrected chi connectivity index (χ3v) is 2.81. The van der Waals surface area contributed by atoms with Crippen LogP contribution in [0.15, 0.2) is 24.3 Å². The first-order valence-corrected chi connectivity index (χ1v) is 5.23. The van der Waals surface area contributed by atoms with E-state index in [1.165, 1.54) is 0 Å². The van der Waals surface area contributed by atoms with Gasteiger partial charge in [-0.1, -0.05) is 19.1 Å². The number of hydrogen-bond acceptors (Lipinski definition) is 3. The SMILES string of the molecule is CCNC(C)C(C)(O)c1ccc(O)cc1. The van der Waals surface area contributed by atoms with Gasteiger partial charge in [0.2, 0.25) is 0 Å². The molecular weight excluding hydrogens is 190 g/mol. The van der Waals surface area contributed by atoms with Crippen molar-refractivity contribution >= 4 is 0 Å². The fourth-order valence-electron chi connectivity index (χ4n) is 1.55. The number of aromatic hydroxyl groups is 1. The van der Waals surface area contributed by atoms with Crippen LogP contribution in [0.2, 0.25) is 0 Å². The Labute approximate surface area is 90.8 Å². The molecule has 0 saturated carbocycles. The van der Waals surface area contributed by atoms with E-state index in [0.717, 1.165) is 12.1 Å². The Morgan fingerprint density at radius 3 is 2.33 bits per heavy atom. The van der Waals surface area contributed by atoms with Gasteiger partial charge in [-0.3, -0.25) is 0 Å². The van der Waals surface area contributed by atoms with Gasteiger partial charge in [0.1, 0.15) is 11.4 Å². The minimum atomic E-state index is -0.927. The quantitative estimate of drug-likeness (QED) is 0.706. The Hall–Kier alpha value is -1.06. The van der Waals surface area contributed by atoms with Gasteiger partial charge < -0.3 is 15.5 Å². The van der Waals surface area contributed by atoms with Crippen molar-refractivity contribution in [3.8, 4) is 5.75 Å². The van der Waals surface area contributed by atoms with Crippen molar-refractivity contribution in [3.05, 3.63) is 29.8 Å². The normalized spacial score (nSPS) is 17.1. The minimum Gasteiger partial charge on any atom is -0.508 e. The standard InChI is InChI=1S/C12H19NO2/c1-4-13-9(2)12(3,15)10-5-7-11(14)8-6-10/h5-9,13-15H,4H2,1-3H3. The molecule has 0 spiro atoms. The average Bonchev–Trinajstić information content (AvgIpc) is 2.18. The summed E-state index contributed by atoms with van der Waals surface area (Å²) < 4.78 is 0. The van der Waals surface area contributed by atoms with Gasteiger partial charge in [0.05, 0.1) is 0 Å². The molecule has 0 aliphatic rings. The van der Waals surface area contributed by atoms with E-state index >= 15 is 0 Å². The molecule has 0 saturated heterocycles. The van der Waals surface area contributed by atoms with Crippen molar-refractivity contribution in [2.75, 3.05) is 6.54 Å². The topological polar surface area (TPSA) is 52.5 Å². The van der Waals surface area contributed by atoms with Crippen molar-refractivity contribution in [2.45, 2.75) is 32.4 Å². The molecule has 1 aromatic carbocycles. The monoisotopic (exact) mass is 209 g/mol. The zero-order valence-electron chi connectivity index (χ0n) is 9.49. The van der Waals surface area contributed by atoms with Crippen LogP contribution in [0.5, 0.6) is 5.75 Å². The minimum absolute atomic E-state index is 0.0351. The molecule has 1 aromatic rings. The second kappa shape index (κ2) is 4.64. The summed E-state index contributed by atoms with van der Waals surface area (Å²) >= 11 is 0. The molecule has 0 amide bonds. The summed E-state index contributed by atoms with van der Waals surface area (Å²) in [5.41, 5.74) is -0.127. The summed E-state index contributed by atoms with van der Waals surface area (Å²) in [5, 5.41) is 22.7. The van der Waals surface area contributed by atoms with Gasteiger partial charge >= 0.3 is 0 Å². The molecule has 1 rings (SSSR count). The summed E-state index contributed by atoms with van der Waals surface area (Å²) in [6.07, 6.45) is 0. The molecule has 0 aliphatic carbocycles. The fraction of sp³-hybridized carbons (Fsp3) is 0.500. The second-order valence-corrected chi connectivity index (χ2v) is 3.97. The molecule has 0 heterocycles. The van der Waals surface area contributed by atoms with Gasteiger partial charge in [0, 0.05) is 6.04 Å². The Morgan fingerprint density at radius 2 is 1.87 bits per heavy atom. The molecule has 2 atom stereocenters. The smallest absolute Gasteiger partial charge is 0.115 e. The van der Waals surface area contributed by atoms with Crippen LogP contribution >= 0.6 is 0 Å².